The van der Waals surface area contributed by atoms with E-state index in [4.69, 9.17) is 4.74 Å². The second-order valence-electron chi connectivity index (χ2n) is 10.8. The first kappa shape index (κ1) is 25.7. The fourth-order valence-electron chi connectivity index (χ4n) is 4.97. The number of hydrogen-bond acceptors (Lipinski definition) is 4. The van der Waals surface area contributed by atoms with Crippen molar-refractivity contribution in [1.29, 1.82) is 0 Å². The molecule has 2 rings (SSSR count). The summed E-state index contributed by atoms with van der Waals surface area (Å²) in [5.41, 5.74) is 6.91. The molecule has 1 N–H and O–H groups in total. The van der Waals surface area contributed by atoms with Crippen molar-refractivity contribution in [3.05, 3.63) is 40.1 Å². The van der Waals surface area contributed by atoms with Crippen LogP contribution in [0.4, 0.5) is 0 Å². The largest absolute Gasteiger partial charge is 0.464 e. The number of carbonyl (C=O) groups excluding carboxylic acids is 1. The highest BCUT2D eigenvalue weighted by Gasteiger charge is 2.38. The Morgan fingerprint density at radius 3 is 2.26 bits per heavy atom. The van der Waals surface area contributed by atoms with Crippen molar-refractivity contribution >= 4 is 19.2 Å². The van der Waals surface area contributed by atoms with Gasteiger partial charge in [0.25, 0.3) is 0 Å². The Balaban J connectivity index is 2.71. The molecule has 31 heavy (non-hydrogen) atoms. The fourth-order valence-corrected chi connectivity index (χ4v) is 7.38. The van der Waals surface area contributed by atoms with E-state index in [1.54, 1.807) is 6.92 Å². The van der Waals surface area contributed by atoms with Crippen LogP contribution in [-0.4, -0.2) is 36.7 Å². The van der Waals surface area contributed by atoms with E-state index in [1.807, 2.05) is 0 Å². The minimum absolute atomic E-state index is 0.186. The predicted molar refractivity (Wildman–Crippen MR) is 132 cm³/mol. The summed E-state index contributed by atoms with van der Waals surface area (Å²) in [6.07, 6.45) is 0.615. The normalized spacial score (nSPS) is 16.7. The third kappa shape index (κ3) is 4.78. The maximum absolute atomic E-state index is 12.5. The zero-order valence-corrected chi connectivity index (χ0v) is 22.4. The minimum atomic E-state index is -1.86. The third-order valence-corrected chi connectivity index (χ3v) is 9.62. The summed E-state index contributed by atoms with van der Waals surface area (Å²) in [6.45, 7) is 27.6. The molecule has 0 bridgehead atoms. The van der Waals surface area contributed by atoms with Crippen LogP contribution >= 0.6 is 0 Å². The van der Waals surface area contributed by atoms with Gasteiger partial charge >= 0.3 is 5.97 Å². The van der Waals surface area contributed by atoms with E-state index in [1.165, 1.54) is 21.9 Å². The van der Waals surface area contributed by atoms with Crippen molar-refractivity contribution in [3.63, 3.8) is 0 Å². The van der Waals surface area contributed by atoms with Gasteiger partial charge in [0, 0.05) is 24.7 Å². The van der Waals surface area contributed by atoms with Gasteiger partial charge < -0.3 is 14.7 Å². The van der Waals surface area contributed by atoms with Gasteiger partial charge in [-0.15, -0.1) is 0 Å². The van der Waals surface area contributed by atoms with Gasteiger partial charge in [-0.05, 0) is 67.3 Å². The molecule has 0 amide bonds. The van der Waals surface area contributed by atoms with Crippen LogP contribution in [0.1, 0.15) is 75.0 Å². The average molecular weight is 446 g/mol. The Hall–Kier alpha value is -1.59. The van der Waals surface area contributed by atoms with Gasteiger partial charge in [0.15, 0.2) is 6.10 Å². The molecular weight excluding hydrogens is 402 g/mol. The monoisotopic (exact) mass is 445 g/mol. The quantitative estimate of drug-likeness (QED) is 0.466. The number of ether oxygens (including phenoxy) is 1. The molecule has 1 heterocycles. The number of carbonyl (C=O) groups is 1. The number of esters is 1. The zero-order valence-electron chi connectivity index (χ0n) is 21.4. The Morgan fingerprint density at radius 1 is 1.19 bits per heavy atom. The van der Waals surface area contributed by atoms with Crippen molar-refractivity contribution in [2.75, 3.05) is 6.61 Å². The van der Waals surface area contributed by atoms with E-state index in [2.05, 4.69) is 72.7 Å². The topological polar surface area (TPSA) is 49.8 Å². The summed E-state index contributed by atoms with van der Waals surface area (Å²) in [4.78, 5) is 15.0. The van der Waals surface area contributed by atoms with Crippen LogP contribution in [0.25, 0.3) is 0 Å². The van der Waals surface area contributed by atoms with Crippen molar-refractivity contribution in [2.24, 2.45) is 5.41 Å². The highest BCUT2D eigenvalue weighted by Crippen LogP contribution is 2.39. The van der Waals surface area contributed by atoms with Crippen LogP contribution < -0.4 is 5.19 Å². The number of aliphatic hydroxyl groups excluding tert-OH is 1. The second-order valence-corrected chi connectivity index (χ2v) is 15.8. The number of aliphatic hydroxyl groups is 1. The molecule has 4 nitrogen and oxygen atoms in total. The molecule has 1 aliphatic rings. The van der Waals surface area contributed by atoms with Gasteiger partial charge in [0.05, 0.1) is 14.7 Å². The summed E-state index contributed by atoms with van der Waals surface area (Å²) < 4.78 is 5.18. The lowest BCUT2D eigenvalue weighted by molar-refractivity contribution is -0.153. The molecule has 0 spiro atoms. The van der Waals surface area contributed by atoms with Crippen LogP contribution in [0, 0.1) is 19.3 Å². The fraction of sp³-hybridized carbons (Fsp3) is 0.654. The number of benzene rings is 1. The second kappa shape index (κ2) is 9.11. The summed E-state index contributed by atoms with van der Waals surface area (Å²) in [5.74, 6) is -0.556. The Morgan fingerprint density at radius 2 is 1.77 bits per heavy atom. The van der Waals surface area contributed by atoms with E-state index in [9.17, 15) is 9.90 Å². The molecule has 0 fully saturated rings. The van der Waals surface area contributed by atoms with E-state index in [-0.39, 0.29) is 12.0 Å². The van der Waals surface area contributed by atoms with Crippen LogP contribution in [0.5, 0.6) is 0 Å². The van der Waals surface area contributed by atoms with E-state index in [0.717, 1.165) is 36.2 Å². The molecule has 0 aromatic heterocycles. The van der Waals surface area contributed by atoms with Crippen molar-refractivity contribution < 1.29 is 14.6 Å². The van der Waals surface area contributed by atoms with Gasteiger partial charge in [-0.1, -0.05) is 52.2 Å². The Bertz CT molecular complexity index is 867. The third-order valence-electron chi connectivity index (χ3n) is 7.48. The number of allylic oxidation sites excluding steroid dienone is 1. The minimum Gasteiger partial charge on any atom is -0.464 e. The molecule has 1 unspecified atom stereocenters. The van der Waals surface area contributed by atoms with E-state index < -0.39 is 20.1 Å². The van der Waals surface area contributed by atoms with Gasteiger partial charge in [0.1, 0.15) is 0 Å². The lowest BCUT2D eigenvalue weighted by Gasteiger charge is -2.46. The molecule has 5 heteroatoms. The van der Waals surface area contributed by atoms with E-state index in [0.29, 0.717) is 6.04 Å². The molecule has 174 valence electrons. The Labute approximate surface area is 190 Å². The van der Waals surface area contributed by atoms with Gasteiger partial charge in [0.2, 0.25) is 0 Å². The summed E-state index contributed by atoms with van der Waals surface area (Å²) in [5, 5.41) is 12.2. The highest BCUT2D eigenvalue weighted by molar-refractivity contribution is 6.89. The Kier molecular flexibility index (Phi) is 7.54. The number of rotatable bonds is 7. The SMILES string of the molecule is C=C1Cc2c(C)c([C@H](O)C(=O)OCC)c([Si](C)(C)C)c(C)c2CN1C(C)C(C)(C)CC. The number of nitrogens with zero attached hydrogens (tertiary/aromatic N) is 1. The lowest BCUT2D eigenvalue weighted by Crippen LogP contribution is -2.48. The molecule has 1 aromatic rings. The first-order valence-electron chi connectivity index (χ1n) is 11.6. The van der Waals surface area contributed by atoms with Crippen molar-refractivity contribution in [2.45, 2.75) is 99.6 Å². The van der Waals surface area contributed by atoms with E-state index >= 15 is 0 Å². The summed E-state index contributed by atoms with van der Waals surface area (Å²) in [6, 6.07) is 0.373. The summed E-state index contributed by atoms with van der Waals surface area (Å²) in [7, 11) is -1.86. The molecule has 0 saturated heterocycles. The number of hydrogen-bond donors (Lipinski definition) is 1. The van der Waals surface area contributed by atoms with Crippen LogP contribution in [0.3, 0.4) is 0 Å². The predicted octanol–water partition coefficient (Wildman–Crippen LogP) is 5.14. The molecule has 1 aliphatic heterocycles. The molecule has 0 saturated carbocycles. The molecule has 0 aliphatic carbocycles. The molecule has 1 aromatic carbocycles. The van der Waals surface area contributed by atoms with Gasteiger partial charge in [-0.25, -0.2) is 4.79 Å². The van der Waals surface area contributed by atoms with Gasteiger partial charge in [-0.2, -0.15) is 0 Å². The zero-order chi connectivity index (χ0) is 23.9. The van der Waals surface area contributed by atoms with Crippen LogP contribution in [0.2, 0.25) is 19.6 Å². The molecular formula is C26H43NO3Si. The highest BCUT2D eigenvalue weighted by atomic mass is 28.3. The molecule has 2 atom stereocenters. The maximum atomic E-state index is 12.5. The summed E-state index contributed by atoms with van der Waals surface area (Å²) >= 11 is 0. The van der Waals surface area contributed by atoms with Gasteiger partial charge in [-0.3, -0.25) is 0 Å². The first-order valence-corrected chi connectivity index (χ1v) is 15.1. The molecule has 0 radical (unpaired) electrons. The van der Waals surface area contributed by atoms with Crippen molar-refractivity contribution in [3.8, 4) is 0 Å². The average Bonchev–Trinajstić information content (AvgIpc) is 2.68. The standard InChI is InChI=1S/C26H43NO3Si/c1-12-26(7,8)19(6)27-15-21-18(5)24(31(9,10)11)22(23(28)25(29)30-13-2)17(4)20(21)14-16(27)3/h19,23,28H,3,12-15H2,1-2,4-11H3/t19?,23-/m0/s1. The first-order chi connectivity index (χ1) is 14.2. The van der Waals surface area contributed by atoms with Crippen LogP contribution in [0.15, 0.2) is 12.3 Å². The van der Waals surface area contributed by atoms with Crippen molar-refractivity contribution in [1.82, 2.24) is 4.90 Å². The number of fused-ring (bicyclic) bond motifs is 1. The lowest BCUT2D eigenvalue weighted by atomic mass is 9.79. The maximum Gasteiger partial charge on any atom is 0.339 e. The smallest absolute Gasteiger partial charge is 0.339 e. The van der Waals surface area contributed by atoms with Crippen LogP contribution in [-0.2, 0) is 22.5 Å².